The zero-order valence-corrected chi connectivity index (χ0v) is 11.8. The maximum absolute atomic E-state index is 8.88. The van der Waals surface area contributed by atoms with Crippen molar-refractivity contribution in [2.45, 2.75) is 6.92 Å². The van der Waals surface area contributed by atoms with Crippen molar-refractivity contribution >= 4 is 23.1 Å². The van der Waals surface area contributed by atoms with Crippen LogP contribution in [-0.2, 0) is 0 Å². The van der Waals surface area contributed by atoms with Gasteiger partial charge in [-0.2, -0.15) is 0 Å². The summed E-state index contributed by atoms with van der Waals surface area (Å²) in [6.07, 6.45) is 0. The summed E-state index contributed by atoms with van der Waals surface area (Å²) < 4.78 is 0. The van der Waals surface area contributed by atoms with Crippen molar-refractivity contribution in [2.75, 3.05) is 37.6 Å². The molecule has 1 aliphatic heterocycles. The molecule has 1 aromatic rings. The maximum atomic E-state index is 8.88. The Morgan fingerprint density at radius 3 is 2.63 bits per heavy atom. The normalized spacial score (nSPS) is 17.8. The maximum Gasteiger partial charge on any atom is 0.172 e. The Morgan fingerprint density at radius 1 is 1.37 bits per heavy atom. The van der Waals surface area contributed by atoms with Gasteiger partial charge in [0.15, 0.2) is 5.84 Å². The van der Waals surface area contributed by atoms with E-state index >= 15 is 0 Å². The van der Waals surface area contributed by atoms with Gasteiger partial charge in [-0.15, -0.1) is 0 Å². The van der Waals surface area contributed by atoms with Gasteiger partial charge >= 0.3 is 0 Å². The molecular formula is C13H19ClN4O. The van der Waals surface area contributed by atoms with Gasteiger partial charge in [0.2, 0.25) is 0 Å². The van der Waals surface area contributed by atoms with Gasteiger partial charge in [-0.25, -0.2) is 0 Å². The number of nitrogens with zero attached hydrogens (tertiary/aromatic N) is 3. The summed E-state index contributed by atoms with van der Waals surface area (Å²) in [6.45, 7) is 7.15. The van der Waals surface area contributed by atoms with Gasteiger partial charge in [0.05, 0.1) is 0 Å². The smallest absolute Gasteiger partial charge is 0.172 e. The monoisotopic (exact) mass is 282 g/mol. The topological polar surface area (TPSA) is 65.1 Å². The van der Waals surface area contributed by atoms with Crippen LogP contribution < -0.4 is 10.6 Å². The Bertz CT molecular complexity index is 470. The summed E-state index contributed by atoms with van der Waals surface area (Å²) in [4.78, 5) is 4.64. The summed E-state index contributed by atoms with van der Waals surface area (Å²) in [6, 6.07) is 5.49. The Labute approximate surface area is 118 Å². The van der Waals surface area contributed by atoms with E-state index < -0.39 is 0 Å². The third-order valence-electron chi connectivity index (χ3n) is 3.50. The molecule has 0 spiro atoms. The first-order chi connectivity index (χ1) is 9.15. The Kier molecular flexibility index (Phi) is 4.50. The first-order valence-electron chi connectivity index (χ1n) is 6.40. The van der Waals surface area contributed by atoms with Crippen LogP contribution in [0.5, 0.6) is 0 Å². The lowest BCUT2D eigenvalue weighted by Crippen LogP contribution is -2.46. The van der Waals surface area contributed by atoms with Crippen molar-refractivity contribution in [3.63, 3.8) is 0 Å². The number of benzene rings is 1. The van der Waals surface area contributed by atoms with E-state index in [0.29, 0.717) is 10.6 Å². The summed E-state index contributed by atoms with van der Waals surface area (Å²) in [5, 5.41) is 12.5. The second-order valence-corrected chi connectivity index (χ2v) is 5.00. The number of anilines is 1. The van der Waals surface area contributed by atoms with Crippen molar-refractivity contribution in [3.05, 3.63) is 28.8 Å². The van der Waals surface area contributed by atoms with E-state index in [0.717, 1.165) is 38.4 Å². The van der Waals surface area contributed by atoms with E-state index in [2.05, 4.69) is 21.9 Å². The summed E-state index contributed by atoms with van der Waals surface area (Å²) in [7, 11) is 0. The number of nitrogens with two attached hydrogens (primary N) is 1. The fraction of sp³-hybridized carbons (Fsp3) is 0.462. The highest BCUT2D eigenvalue weighted by molar-refractivity contribution is 6.31. The van der Waals surface area contributed by atoms with Gasteiger partial charge < -0.3 is 20.7 Å². The molecular weight excluding hydrogens is 264 g/mol. The molecule has 0 saturated carbocycles. The van der Waals surface area contributed by atoms with Crippen molar-refractivity contribution in [2.24, 2.45) is 10.9 Å². The predicted molar refractivity (Wildman–Crippen MR) is 78.3 cm³/mol. The molecule has 0 amide bonds. The van der Waals surface area contributed by atoms with Crippen LogP contribution in [0, 0.1) is 0 Å². The third kappa shape index (κ3) is 3.11. The average molecular weight is 283 g/mol. The molecule has 0 aliphatic carbocycles. The molecule has 0 aromatic heterocycles. The Hall–Kier alpha value is -1.46. The molecule has 0 atom stereocenters. The highest BCUT2D eigenvalue weighted by atomic mass is 35.5. The van der Waals surface area contributed by atoms with Crippen LogP contribution in [0.15, 0.2) is 23.4 Å². The number of halogens is 1. The lowest BCUT2D eigenvalue weighted by Gasteiger charge is -2.36. The van der Waals surface area contributed by atoms with E-state index in [4.69, 9.17) is 22.5 Å². The standard InChI is InChI=1S/C13H19ClN4O/c1-2-17-5-7-18(8-6-17)12-4-3-10(14)9-11(12)13(15)16-19/h3-4,9,19H,2,5-8H2,1H3,(H2,15,16). The minimum absolute atomic E-state index is 0.0930. The predicted octanol–water partition coefficient (Wildman–Crippen LogP) is 1.58. The van der Waals surface area contributed by atoms with Crippen LogP contribution in [0.2, 0.25) is 5.02 Å². The van der Waals surface area contributed by atoms with Crippen molar-refractivity contribution in [3.8, 4) is 0 Å². The minimum Gasteiger partial charge on any atom is -0.409 e. The second kappa shape index (κ2) is 6.12. The molecule has 1 aliphatic rings. The Morgan fingerprint density at radius 2 is 2.05 bits per heavy atom. The van der Waals surface area contributed by atoms with Crippen LogP contribution in [0.4, 0.5) is 5.69 Å². The number of rotatable bonds is 3. The van der Waals surface area contributed by atoms with E-state index in [-0.39, 0.29) is 5.84 Å². The minimum atomic E-state index is 0.0930. The summed E-state index contributed by atoms with van der Waals surface area (Å²) >= 11 is 5.98. The molecule has 0 unspecified atom stereocenters. The molecule has 0 bridgehead atoms. The number of hydrogen-bond acceptors (Lipinski definition) is 4. The number of oxime groups is 1. The molecule has 1 aromatic carbocycles. The molecule has 5 nitrogen and oxygen atoms in total. The molecule has 1 saturated heterocycles. The molecule has 6 heteroatoms. The zero-order chi connectivity index (χ0) is 13.8. The van der Waals surface area contributed by atoms with Crippen molar-refractivity contribution in [1.29, 1.82) is 0 Å². The molecule has 19 heavy (non-hydrogen) atoms. The van der Waals surface area contributed by atoms with Gasteiger partial charge in [0, 0.05) is 42.5 Å². The van der Waals surface area contributed by atoms with E-state index in [1.165, 1.54) is 0 Å². The second-order valence-electron chi connectivity index (χ2n) is 4.57. The quantitative estimate of drug-likeness (QED) is 0.382. The van der Waals surface area contributed by atoms with Crippen molar-refractivity contribution in [1.82, 2.24) is 4.90 Å². The van der Waals surface area contributed by atoms with Crippen LogP contribution in [-0.4, -0.2) is 48.7 Å². The van der Waals surface area contributed by atoms with Gasteiger partial charge in [0.1, 0.15) is 0 Å². The van der Waals surface area contributed by atoms with E-state index in [1.807, 2.05) is 12.1 Å². The SMILES string of the molecule is CCN1CCN(c2ccc(Cl)cc2C(N)=NO)CC1. The van der Waals surface area contributed by atoms with Gasteiger partial charge in [-0.05, 0) is 24.7 Å². The largest absolute Gasteiger partial charge is 0.409 e. The first kappa shape index (κ1) is 14.0. The van der Waals surface area contributed by atoms with E-state index in [9.17, 15) is 0 Å². The number of amidine groups is 1. The van der Waals surface area contributed by atoms with Crippen LogP contribution in [0.1, 0.15) is 12.5 Å². The van der Waals surface area contributed by atoms with Gasteiger partial charge in [-0.3, -0.25) is 0 Å². The van der Waals surface area contributed by atoms with Crippen LogP contribution in [0.3, 0.4) is 0 Å². The highest BCUT2D eigenvalue weighted by Crippen LogP contribution is 2.25. The summed E-state index contributed by atoms with van der Waals surface area (Å²) in [5.74, 6) is 0.0930. The molecule has 3 N–H and O–H groups in total. The molecule has 0 radical (unpaired) electrons. The zero-order valence-electron chi connectivity index (χ0n) is 11.0. The summed E-state index contributed by atoms with van der Waals surface area (Å²) in [5.41, 5.74) is 7.38. The molecule has 104 valence electrons. The van der Waals surface area contributed by atoms with Gasteiger partial charge in [-0.1, -0.05) is 23.7 Å². The first-order valence-corrected chi connectivity index (χ1v) is 6.78. The molecule has 2 rings (SSSR count). The number of piperazine rings is 1. The van der Waals surface area contributed by atoms with Crippen LogP contribution >= 0.6 is 11.6 Å². The lowest BCUT2D eigenvalue weighted by atomic mass is 10.1. The lowest BCUT2D eigenvalue weighted by molar-refractivity contribution is 0.271. The van der Waals surface area contributed by atoms with E-state index in [1.54, 1.807) is 6.07 Å². The highest BCUT2D eigenvalue weighted by Gasteiger charge is 2.19. The third-order valence-corrected chi connectivity index (χ3v) is 3.74. The Balaban J connectivity index is 2.25. The molecule has 1 fully saturated rings. The number of hydrogen-bond donors (Lipinski definition) is 2. The fourth-order valence-corrected chi connectivity index (χ4v) is 2.52. The van der Waals surface area contributed by atoms with Crippen molar-refractivity contribution < 1.29 is 5.21 Å². The van der Waals surface area contributed by atoms with Gasteiger partial charge in [0.25, 0.3) is 0 Å². The fourth-order valence-electron chi connectivity index (χ4n) is 2.35. The average Bonchev–Trinajstić information content (AvgIpc) is 2.46. The van der Waals surface area contributed by atoms with Crippen LogP contribution in [0.25, 0.3) is 0 Å². The molecule has 1 heterocycles. The number of likely N-dealkylation sites (N-methyl/N-ethyl adjacent to an activating group) is 1.